The highest BCUT2D eigenvalue weighted by atomic mass is 16.4. The number of carbonyl (C=O) groups is 1. The summed E-state index contributed by atoms with van der Waals surface area (Å²) in [6.45, 7) is 2.01. The Morgan fingerprint density at radius 1 is 0.833 bits per heavy atom. The zero-order valence-electron chi connectivity index (χ0n) is 13.2. The van der Waals surface area contributed by atoms with Crippen molar-refractivity contribution in [3.63, 3.8) is 0 Å². The van der Waals surface area contributed by atoms with Crippen LogP contribution in [0.5, 0.6) is 0 Å². The Labute approximate surface area is 140 Å². The molecule has 0 saturated carbocycles. The maximum atomic E-state index is 11.5. The smallest absolute Gasteiger partial charge is 0.335 e. The first-order valence-corrected chi connectivity index (χ1v) is 7.53. The van der Waals surface area contributed by atoms with Crippen LogP contribution in [0.4, 0.5) is 0 Å². The van der Waals surface area contributed by atoms with E-state index in [1.807, 2.05) is 49.4 Å². The lowest BCUT2D eigenvalue weighted by Crippen LogP contribution is -1.97. The van der Waals surface area contributed by atoms with Gasteiger partial charge in [0.1, 0.15) is 0 Å². The molecule has 3 aromatic rings. The van der Waals surface area contributed by atoms with Gasteiger partial charge in [0.25, 0.3) is 0 Å². The SMILES string of the molecule is Cc1ccc(-c2cc(C(=O)O)cc(-c3ccc(C#N)cc3)c2)cc1. The van der Waals surface area contributed by atoms with E-state index in [2.05, 4.69) is 6.07 Å². The average molecular weight is 313 g/mol. The van der Waals surface area contributed by atoms with Crippen LogP contribution >= 0.6 is 0 Å². The summed E-state index contributed by atoms with van der Waals surface area (Å²) in [4.78, 5) is 11.5. The molecule has 0 radical (unpaired) electrons. The van der Waals surface area contributed by atoms with Crippen molar-refractivity contribution in [2.45, 2.75) is 6.92 Å². The van der Waals surface area contributed by atoms with E-state index in [1.54, 1.807) is 24.3 Å². The molecule has 116 valence electrons. The summed E-state index contributed by atoms with van der Waals surface area (Å²) in [7, 11) is 0. The molecule has 0 bridgehead atoms. The van der Waals surface area contributed by atoms with Gasteiger partial charge in [-0.1, -0.05) is 42.0 Å². The standard InChI is InChI=1S/C21H15NO2/c1-14-2-6-16(7-3-14)18-10-19(12-20(11-18)21(23)24)17-8-4-15(13-22)5-9-17/h2-12H,1H3,(H,23,24). The first-order chi connectivity index (χ1) is 11.6. The number of benzene rings is 3. The molecule has 0 atom stereocenters. The number of nitrogens with zero attached hydrogens (tertiary/aromatic N) is 1. The highest BCUT2D eigenvalue weighted by Gasteiger charge is 2.10. The van der Waals surface area contributed by atoms with E-state index in [4.69, 9.17) is 5.26 Å². The maximum absolute atomic E-state index is 11.5. The third-order valence-electron chi connectivity index (χ3n) is 3.91. The van der Waals surface area contributed by atoms with Crippen LogP contribution in [0.15, 0.2) is 66.7 Å². The lowest BCUT2D eigenvalue weighted by molar-refractivity contribution is 0.0697. The lowest BCUT2D eigenvalue weighted by Gasteiger charge is -2.09. The summed E-state index contributed by atoms with van der Waals surface area (Å²) >= 11 is 0. The van der Waals surface area contributed by atoms with Gasteiger partial charge in [0.15, 0.2) is 0 Å². The number of nitriles is 1. The number of hydrogen-bond donors (Lipinski definition) is 1. The van der Waals surface area contributed by atoms with Crippen molar-refractivity contribution in [2.75, 3.05) is 0 Å². The molecule has 0 unspecified atom stereocenters. The normalized spacial score (nSPS) is 10.2. The lowest BCUT2D eigenvalue weighted by atomic mass is 9.95. The van der Waals surface area contributed by atoms with E-state index < -0.39 is 5.97 Å². The van der Waals surface area contributed by atoms with E-state index in [0.717, 1.165) is 27.8 Å². The van der Waals surface area contributed by atoms with Gasteiger partial charge in [-0.05, 0) is 59.5 Å². The van der Waals surface area contributed by atoms with Crippen LogP contribution in [0.25, 0.3) is 22.3 Å². The highest BCUT2D eigenvalue weighted by Crippen LogP contribution is 2.29. The number of carboxylic acids is 1. The van der Waals surface area contributed by atoms with E-state index in [-0.39, 0.29) is 5.56 Å². The van der Waals surface area contributed by atoms with Gasteiger partial charge < -0.3 is 5.11 Å². The fourth-order valence-electron chi connectivity index (χ4n) is 2.57. The fourth-order valence-corrected chi connectivity index (χ4v) is 2.57. The van der Waals surface area contributed by atoms with Crippen LogP contribution in [-0.4, -0.2) is 11.1 Å². The second-order valence-electron chi connectivity index (χ2n) is 5.66. The Balaban J connectivity index is 2.13. The maximum Gasteiger partial charge on any atom is 0.335 e. The van der Waals surface area contributed by atoms with Gasteiger partial charge in [0.2, 0.25) is 0 Å². The van der Waals surface area contributed by atoms with Gasteiger partial charge in [-0.25, -0.2) is 4.79 Å². The van der Waals surface area contributed by atoms with Gasteiger partial charge >= 0.3 is 5.97 Å². The molecule has 0 amide bonds. The summed E-state index contributed by atoms with van der Waals surface area (Å²) < 4.78 is 0. The molecule has 0 saturated heterocycles. The molecule has 0 aliphatic carbocycles. The average Bonchev–Trinajstić information content (AvgIpc) is 2.62. The van der Waals surface area contributed by atoms with Crippen LogP contribution < -0.4 is 0 Å². The third-order valence-corrected chi connectivity index (χ3v) is 3.91. The van der Waals surface area contributed by atoms with Gasteiger partial charge in [-0.15, -0.1) is 0 Å². The number of rotatable bonds is 3. The van der Waals surface area contributed by atoms with Crippen molar-refractivity contribution in [1.29, 1.82) is 5.26 Å². The molecule has 0 heterocycles. The van der Waals surface area contributed by atoms with E-state index in [0.29, 0.717) is 5.56 Å². The fraction of sp³-hybridized carbons (Fsp3) is 0.0476. The quantitative estimate of drug-likeness (QED) is 0.748. The Kier molecular flexibility index (Phi) is 4.13. The summed E-state index contributed by atoms with van der Waals surface area (Å²) in [5, 5.41) is 18.3. The van der Waals surface area contributed by atoms with Crippen molar-refractivity contribution < 1.29 is 9.90 Å². The minimum atomic E-state index is -0.959. The monoisotopic (exact) mass is 313 g/mol. The minimum Gasteiger partial charge on any atom is -0.478 e. The molecular formula is C21H15NO2. The molecular weight excluding hydrogens is 298 g/mol. The van der Waals surface area contributed by atoms with Crippen molar-refractivity contribution in [1.82, 2.24) is 0 Å². The van der Waals surface area contributed by atoms with Gasteiger partial charge in [0, 0.05) is 0 Å². The van der Waals surface area contributed by atoms with E-state index >= 15 is 0 Å². The Hall–Kier alpha value is -3.38. The number of carboxylic acid groups (broad SMARTS) is 1. The molecule has 0 spiro atoms. The van der Waals surface area contributed by atoms with E-state index in [9.17, 15) is 9.90 Å². The van der Waals surface area contributed by atoms with Crippen molar-refractivity contribution in [3.05, 3.63) is 83.4 Å². The first-order valence-electron chi connectivity index (χ1n) is 7.53. The van der Waals surface area contributed by atoms with Crippen molar-refractivity contribution in [3.8, 4) is 28.3 Å². The second kappa shape index (κ2) is 6.39. The Bertz CT molecular complexity index is 933. The van der Waals surface area contributed by atoms with Crippen LogP contribution in [-0.2, 0) is 0 Å². The summed E-state index contributed by atoms with van der Waals surface area (Å²) in [6.07, 6.45) is 0. The van der Waals surface area contributed by atoms with Crippen LogP contribution in [0, 0.1) is 18.3 Å². The number of aromatic carboxylic acids is 1. The molecule has 3 heteroatoms. The first kappa shape index (κ1) is 15.5. The number of hydrogen-bond acceptors (Lipinski definition) is 2. The second-order valence-corrected chi connectivity index (χ2v) is 5.66. The van der Waals surface area contributed by atoms with Gasteiger partial charge in [-0.3, -0.25) is 0 Å². The predicted octanol–water partition coefficient (Wildman–Crippen LogP) is 4.90. The zero-order valence-corrected chi connectivity index (χ0v) is 13.2. The van der Waals surface area contributed by atoms with Crippen molar-refractivity contribution in [2.24, 2.45) is 0 Å². The molecule has 3 nitrogen and oxygen atoms in total. The largest absolute Gasteiger partial charge is 0.478 e. The molecule has 0 aliphatic heterocycles. The Morgan fingerprint density at radius 2 is 1.33 bits per heavy atom. The molecule has 1 N–H and O–H groups in total. The highest BCUT2D eigenvalue weighted by molar-refractivity contribution is 5.92. The van der Waals surface area contributed by atoms with Gasteiger partial charge in [-0.2, -0.15) is 5.26 Å². The van der Waals surface area contributed by atoms with Crippen LogP contribution in [0.1, 0.15) is 21.5 Å². The third kappa shape index (κ3) is 3.18. The molecule has 0 aliphatic rings. The molecule has 3 aromatic carbocycles. The number of aryl methyl sites for hydroxylation is 1. The zero-order chi connectivity index (χ0) is 17.1. The predicted molar refractivity (Wildman–Crippen MR) is 93.7 cm³/mol. The topological polar surface area (TPSA) is 61.1 Å². The van der Waals surface area contributed by atoms with Crippen LogP contribution in [0.2, 0.25) is 0 Å². The molecule has 0 aromatic heterocycles. The van der Waals surface area contributed by atoms with Gasteiger partial charge in [0.05, 0.1) is 17.2 Å². The Morgan fingerprint density at radius 3 is 1.79 bits per heavy atom. The molecule has 24 heavy (non-hydrogen) atoms. The van der Waals surface area contributed by atoms with Crippen LogP contribution in [0.3, 0.4) is 0 Å². The summed E-state index contributed by atoms with van der Waals surface area (Å²) in [6, 6.07) is 22.5. The minimum absolute atomic E-state index is 0.243. The van der Waals surface area contributed by atoms with Crippen molar-refractivity contribution >= 4 is 5.97 Å². The molecule has 3 rings (SSSR count). The van der Waals surface area contributed by atoms with E-state index in [1.165, 1.54) is 0 Å². The summed E-state index contributed by atoms with van der Waals surface area (Å²) in [5.41, 5.74) is 5.49. The summed E-state index contributed by atoms with van der Waals surface area (Å²) in [5.74, 6) is -0.959. The molecule has 0 fully saturated rings.